The summed E-state index contributed by atoms with van der Waals surface area (Å²) >= 11 is 0.506. The van der Waals surface area contributed by atoms with Crippen LogP contribution in [0.25, 0.3) is 0 Å². The van der Waals surface area contributed by atoms with Crippen molar-refractivity contribution >= 4 is 23.4 Å². The minimum atomic E-state index is -2.42. The topological polar surface area (TPSA) is 71.7 Å². The van der Waals surface area contributed by atoms with Gasteiger partial charge in [0.25, 0.3) is 5.76 Å². The molecular weight excluding hydrogens is 286 g/mol. The van der Waals surface area contributed by atoms with Crippen molar-refractivity contribution in [3.8, 4) is 0 Å². The molecule has 1 aromatic rings. The number of halogens is 2. The second kappa shape index (κ2) is 9.51. The number of aliphatic imine (C=N–C) groups is 1. The van der Waals surface area contributed by atoms with E-state index in [0.29, 0.717) is 41.5 Å². The van der Waals surface area contributed by atoms with E-state index in [1.807, 2.05) is 0 Å². The average Bonchev–Trinajstić information content (AvgIpc) is 2.43. The number of methoxy groups -OCH3 is 1. The molecule has 0 heterocycles. The van der Waals surface area contributed by atoms with E-state index in [-0.39, 0.29) is 0 Å². The van der Waals surface area contributed by atoms with Gasteiger partial charge in [-0.1, -0.05) is 11.8 Å². The zero-order valence-electron chi connectivity index (χ0n) is 11.1. The molecule has 20 heavy (non-hydrogen) atoms. The largest absolute Gasteiger partial charge is 0.385 e. The lowest BCUT2D eigenvalue weighted by Gasteiger charge is -2.09. The SMILES string of the molecule is COCCCN=C(NN)Nc1ccc(SC(F)F)cc1. The van der Waals surface area contributed by atoms with E-state index in [2.05, 4.69) is 15.7 Å². The van der Waals surface area contributed by atoms with Crippen molar-refractivity contribution in [3.05, 3.63) is 24.3 Å². The van der Waals surface area contributed by atoms with Crippen molar-refractivity contribution in [2.24, 2.45) is 10.8 Å². The second-order valence-electron chi connectivity index (χ2n) is 3.75. The quantitative estimate of drug-likeness (QED) is 0.180. The number of hydrogen-bond acceptors (Lipinski definition) is 4. The third kappa shape index (κ3) is 6.69. The number of guanidine groups is 1. The number of ether oxygens (including phenoxy) is 1. The summed E-state index contributed by atoms with van der Waals surface area (Å²) in [6, 6.07) is 6.59. The highest BCUT2D eigenvalue weighted by Crippen LogP contribution is 2.26. The van der Waals surface area contributed by atoms with Crippen LogP contribution in [0.3, 0.4) is 0 Å². The Balaban J connectivity index is 2.52. The van der Waals surface area contributed by atoms with Crippen LogP contribution in [0.4, 0.5) is 14.5 Å². The highest BCUT2D eigenvalue weighted by atomic mass is 32.2. The second-order valence-corrected chi connectivity index (χ2v) is 4.81. The summed E-state index contributed by atoms with van der Waals surface area (Å²) in [6.07, 6.45) is 0.785. The van der Waals surface area contributed by atoms with Crippen molar-refractivity contribution < 1.29 is 13.5 Å². The number of nitrogens with two attached hydrogens (primary N) is 1. The first-order valence-corrected chi connectivity index (χ1v) is 6.85. The minimum Gasteiger partial charge on any atom is -0.385 e. The standard InChI is InChI=1S/C12H18F2N4OS/c1-19-8-2-7-16-12(18-15)17-9-3-5-10(6-4-9)20-11(13)14/h3-6,11H,2,7-8,15H2,1H3,(H2,16,17,18). The van der Waals surface area contributed by atoms with Gasteiger partial charge in [-0.05, 0) is 30.7 Å². The van der Waals surface area contributed by atoms with E-state index in [4.69, 9.17) is 10.6 Å². The third-order valence-corrected chi connectivity index (χ3v) is 2.98. The van der Waals surface area contributed by atoms with Gasteiger partial charge in [-0.15, -0.1) is 0 Å². The molecule has 0 saturated carbocycles. The van der Waals surface area contributed by atoms with Crippen LogP contribution in [0.2, 0.25) is 0 Å². The zero-order chi connectivity index (χ0) is 14.8. The van der Waals surface area contributed by atoms with Gasteiger partial charge in [0, 0.05) is 30.8 Å². The average molecular weight is 304 g/mol. The first-order chi connectivity index (χ1) is 9.65. The van der Waals surface area contributed by atoms with Crippen LogP contribution in [0.1, 0.15) is 6.42 Å². The summed E-state index contributed by atoms with van der Waals surface area (Å²) in [5.74, 6) is 3.35. The molecule has 0 saturated heterocycles. The van der Waals surface area contributed by atoms with Gasteiger partial charge in [-0.3, -0.25) is 10.4 Å². The molecule has 0 radical (unpaired) electrons. The predicted molar refractivity (Wildman–Crippen MR) is 78.0 cm³/mol. The number of thioether (sulfide) groups is 1. The fourth-order valence-corrected chi connectivity index (χ4v) is 1.88. The number of alkyl halides is 2. The summed E-state index contributed by atoms with van der Waals surface area (Å²) in [5.41, 5.74) is 3.16. The fourth-order valence-electron chi connectivity index (χ4n) is 1.38. The molecule has 1 rings (SSSR count). The molecule has 0 aliphatic carbocycles. The van der Waals surface area contributed by atoms with E-state index in [0.717, 1.165) is 6.42 Å². The summed E-state index contributed by atoms with van der Waals surface area (Å²) in [5, 5.41) is 2.96. The van der Waals surface area contributed by atoms with E-state index in [9.17, 15) is 8.78 Å². The van der Waals surface area contributed by atoms with Crippen LogP contribution < -0.4 is 16.6 Å². The molecule has 0 atom stereocenters. The van der Waals surface area contributed by atoms with E-state index >= 15 is 0 Å². The maximum absolute atomic E-state index is 12.2. The van der Waals surface area contributed by atoms with Crippen molar-refractivity contribution in [1.82, 2.24) is 5.43 Å². The molecule has 112 valence electrons. The van der Waals surface area contributed by atoms with Gasteiger partial charge < -0.3 is 10.1 Å². The molecule has 0 bridgehead atoms. The Morgan fingerprint density at radius 2 is 2.10 bits per heavy atom. The van der Waals surface area contributed by atoms with Crippen molar-refractivity contribution in [2.45, 2.75) is 17.1 Å². The van der Waals surface area contributed by atoms with Crippen LogP contribution >= 0.6 is 11.8 Å². The number of nitrogens with one attached hydrogen (secondary N) is 2. The van der Waals surface area contributed by atoms with Crippen LogP contribution in [0, 0.1) is 0 Å². The molecule has 0 amide bonds. The number of rotatable bonds is 7. The van der Waals surface area contributed by atoms with Crippen LogP contribution in [-0.4, -0.2) is 32.0 Å². The summed E-state index contributed by atoms with van der Waals surface area (Å²) in [7, 11) is 1.63. The van der Waals surface area contributed by atoms with Gasteiger partial charge in [0.05, 0.1) is 0 Å². The molecule has 0 aliphatic rings. The Labute approximate surface area is 120 Å². The highest BCUT2D eigenvalue weighted by molar-refractivity contribution is 7.99. The number of hydrogen-bond donors (Lipinski definition) is 3. The molecule has 0 fully saturated rings. The number of hydrazine groups is 1. The van der Waals surface area contributed by atoms with Crippen LogP contribution in [0.5, 0.6) is 0 Å². The number of benzene rings is 1. The molecule has 0 aliphatic heterocycles. The monoisotopic (exact) mass is 304 g/mol. The Bertz CT molecular complexity index is 414. The van der Waals surface area contributed by atoms with Gasteiger partial charge in [0.2, 0.25) is 5.96 Å². The summed E-state index contributed by atoms with van der Waals surface area (Å²) in [4.78, 5) is 4.71. The van der Waals surface area contributed by atoms with E-state index < -0.39 is 5.76 Å². The summed E-state index contributed by atoms with van der Waals surface area (Å²) in [6.45, 7) is 1.20. The molecule has 8 heteroatoms. The van der Waals surface area contributed by atoms with E-state index in [1.54, 1.807) is 31.4 Å². The van der Waals surface area contributed by atoms with Crippen LogP contribution in [-0.2, 0) is 4.74 Å². The molecule has 1 aromatic carbocycles. The van der Waals surface area contributed by atoms with Gasteiger partial charge in [-0.25, -0.2) is 5.84 Å². The van der Waals surface area contributed by atoms with Gasteiger partial charge in [-0.2, -0.15) is 8.78 Å². The first-order valence-electron chi connectivity index (χ1n) is 5.97. The lowest BCUT2D eigenvalue weighted by atomic mass is 10.3. The smallest absolute Gasteiger partial charge is 0.288 e. The normalized spacial score (nSPS) is 11.8. The number of nitrogens with zero attached hydrogens (tertiary/aromatic N) is 1. The lowest BCUT2D eigenvalue weighted by molar-refractivity contribution is 0.197. The highest BCUT2D eigenvalue weighted by Gasteiger charge is 2.05. The molecule has 4 N–H and O–H groups in total. The van der Waals surface area contributed by atoms with Gasteiger partial charge >= 0.3 is 0 Å². The summed E-state index contributed by atoms with van der Waals surface area (Å²) < 4.78 is 29.3. The molecule has 0 spiro atoms. The first kappa shape index (κ1) is 16.7. The van der Waals surface area contributed by atoms with Crippen LogP contribution in [0.15, 0.2) is 34.2 Å². The Morgan fingerprint density at radius 3 is 2.65 bits per heavy atom. The van der Waals surface area contributed by atoms with Crippen molar-refractivity contribution in [2.75, 3.05) is 25.6 Å². The molecular formula is C12H18F2N4OS. The Hall–Kier alpha value is -1.38. The van der Waals surface area contributed by atoms with Crippen molar-refractivity contribution in [1.29, 1.82) is 0 Å². The molecule has 0 unspecified atom stereocenters. The van der Waals surface area contributed by atoms with Gasteiger partial charge in [0.1, 0.15) is 0 Å². The molecule has 5 nitrogen and oxygen atoms in total. The maximum Gasteiger partial charge on any atom is 0.288 e. The zero-order valence-corrected chi connectivity index (χ0v) is 11.9. The lowest BCUT2D eigenvalue weighted by Crippen LogP contribution is -2.36. The van der Waals surface area contributed by atoms with Crippen molar-refractivity contribution in [3.63, 3.8) is 0 Å². The Kier molecular flexibility index (Phi) is 7.93. The Morgan fingerprint density at radius 1 is 1.40 bits per heavy atom. The fraction of sp³-hybridized carbons (Fsp3) is 0.417. The predicted octanol–water partition coefficient (Wildman–Crippen LogP) is 2.27. The maximum atomic E-state index is 12.2. The number of anilines is 1. The minimum absolute atomic E-state index is 0.412. The van der Waals surface area contributed by atoms with Gasteiger partial charge in [0.15, 0.2) is 0 Å². The third-order valence-electron chi connectivity index (χ3n) is 2.26. The van der Waals surface area contributed by atoms with E-state index in [1.165, 1.54) is 0 Å². The molecule has 0 aromatic heterocycles.